The lowest BCUT2D eigenvalue weighted by molar-refractivity contribution is -0.0391. The average Bonchev–Trinajstić information content (AvgIpc) is 2.67. The highest BCUT2D eigenvalue weighted by molar-refractivity contribution is 7.85. The molecule has 4 rings (SSSR count). The fourth-order valence-corrected chi connectivity index (χ4v) is 5.97. The number of ketones is 1. The van der Waals surface area contributed by atoms with Gasteiger partial charge < -0.3 is 5.11 Å². The number of fused-ring (bicyclic) bond motifs is 2. The quantitative estimate of drug-likeness (QED) is 0.819. The summed E-state index contributed by atoms with van der Waals surface area (Å²) in [5.41, 5.74) is 1.02. The first-order valence-electron chi connectivity index (χ1n) is 9.39. The van der Waals surface area contributed by atoms with Crippen molar-refractivity contribution >= 4 is 16.6 Å². The van der Waals surface area contributed by atoms with Gasteiger partial charge in [-0.3, -0.25) is 9.00 Å². The standard InChI is InChI=1S/C23H24O3S/c1-15-10-12-17(13-11-15)27(26)14-23(25)19-8-4-3-7-18(19)22(24)21-16(2)6-5-9-20(21)23/h3-8,10-13,16,20-21,25H,9,14H2,1-2H3/t16-,20+,21-,23-,27+/m0/s1. The number of hydrogen-bond acceptors (Lipinski definition) is 3. The fraction of sp³-hybridized carbons (Fsp3) is 0.348. The molecule has 3 nitrogen and oxygen atoms in total. The monoisotopic (exact) mass is 380 g/mol. The van der Waals surface area contributed by atoms with Gasteiger partial charge in [-0.25, -0.2) is 0 Å². The smallest absolute Gasteiger partial charge is 0.167 e. The molecular formula is C23H24O3S. The van der Waals surface area contributed by atoms with Gasteiger partial charge in [0.25, 0.3) is 0 Å². The molecule has 1 N–H and O–H groups in total. The number of Topliss-reactive ketones (excluding diaryl/α,β-unsaturated/α-hetero) is 1. The molecule has 140 valence electrons. The Kier molecular flexibility index (Phi) is 4.65. The molecule has 0 bridgehead atoms. The van der Waals surface area contributed by atoms with Crippen LogP contribution in [0.3, 0.4) is 0 Å². The SMILES string of the molecule is Cc1ccc([S@](=O)C[C@]2(O)c3ccccc3C(=O)[C@@H]3[C@H]2CC=C[C@@H]3C)cc1. The van der Waals surface area contributed by atoms with Crippen molar-refractivity contribution in [3.05, 3.63) is 77.4 Å². The van der Waals surface area contributed by atoms with Gasteiger partial charge in [0.2, 0.25) is 0 Å². The maximum absolute atomic E-state index is 13.1. The first kappa shape index (κ1) is 18.3. The number of aliphatic hydroxyl groups is 1. The minimum atomic E-state index is -1.36. The number of carbonyl (C=O) groups excluding carboxylic acids is 1. The minimum Gasteiger partial charge on any atom is -0.384 e. The van der Waals surface area contributed by atoms with Gasteiger partial charge in [0.05, 0.1) is 16.6 Å². The second-order valence-corrected chi connectivity index (χ2v) is 9.24. The van der Waals surface area contributed by atoms with E-state index in [0.717, 1.165) is 5.56 Å². The molecule has 0 spiro atoms. The van der Waals surface area contributed by atoms with Crippen molar-refractivity contribution in [2.45, 2.75) is 30.8 Å². The average molecular weight is 381 g/mol. The van der Waals surface area contributed by atoms with Crippen molar-refractivity contribution < 1.29 is 14.1 Å². The van der Waals surface area contributed by atoms with Crippen LogP contribution in [0.4, 0.5) is 0 Å². The highest BCUT2D eigenvalue weighted by atomic mass is 32.2. The minimum absolute atomic E-state index is 0.0592. The molecule has 2 aliphatic rings. The Labute approximate surface area is 162 Å². The summed E-state index contributed by atoms with van der Waals surface area (Å²) in [7, 11) is -1.36. The van der Waals surface area contributed by atoms with Gasteiger partial charge in [0, 0.05) is 22.3 Å². The van der Waals surface area contributed by atoms with Crippen LogP contribution in [0.5, 0.6) is 0 Å². The third kappa shape index (κ3) is 3.01. The maximum Gasteiger partial charge on any atom is 0.167 e. The van der Waals surface area contributed by atoms with E-state index in [1.807, 2.05) is 62.4 Å². The van der Waals surface area contributed by atoms with E-state index in [9.17, 15) is 14.1 Å². The molecule has 0 aromatic heterocycles. The second kappa shape index (κ2) is 6.84. The summed E-state index contributed by atoms with van der Waals surface area (Å²) in [6.07, 6.45) is 4.73. The number of carbonyl (C=O) groups is 1. The molecule has 0 amide bonds. The summed E-state index contributed by atoms with van der Waals surface area (Å²) in [6.45, 7) is 4.01. The molecule has 5 atom stereocenters. The Morgan fingerprint density at radius 1 is 1.15 bits per heavy atom. The molecule has 0 saturated carbocycles. The lowest BCUT2D eigenvalue weighted by Gasteiger charge is -2.47. The van der Waals surface area contributed by atoms with E-state index in [2.05, 4.69) is 6.08 Å². The molecule has 2 aliphatic carbocycles. The molecular weight excluding hydrogens is 356 g/mol. The van der Waals surface area contributed by atoms with Crippen LogP contribution in [-0.4, -0.2) is 20.9 Å². The first-order chi connectivity index (χ1) is 12.9. The second-order valence-electron chi connectivity index (χ2n) is 7.79. The van der Waals surface area contributed by atoms with Gasteiger partial charge in [0.1, 0.15) is 5.60 Å². The highest BCUT2D eigenvalue weighted by Crippen LogP contribution is 2.49. The molecule has 0 fully saturated rings. The van der Waals surface area contributed by atoms with Crippen LogP contribution < -0.4 is 0 Å². The molecule has 0 aliphatic heterocycles. The molecule has 0 heterocycles. The molecule has 0 unspecified atom stereocenters. The normalized spacial score (nSPS) is 30.5. The zero-order valence-electron chi connectivity index (χ0n) is 15.6. The lowest BCUT2D eigenvalue weighted by Crippen LogP contribution is -2.52. The summed E-state index contributed by atoms with van der Waals surface area (Å²) in [4.78, 5) is 13.8. The lowest BCUT2D eigenvalue weighted by atomic mass is 9.60. The van der Waals surface area contributed by atoms with Crippen molar-refractivity contribution in [2.75, 3.05) is 5.75 Å². The largest absolute Gasteiger partial charge is 0.384 e. The van der Waals surface area contributed by atoms with Gasteiger partial charge in [-0.05, 0) is 37.0 Å². The number of aryl methyl sites for hydroxylation is 1. The van der Waals surface area contributed by atoms with Crippen molar-refractivity contribution in [2.24, 2.45) is 17.8 Å². The Morgan fingerprint density at radius 3 is 2.59 bits per heavy atom. The number of benzene rings is 2. The Bertz CT molecular complexity index is 931. The van der Waals surface area contributed by atoms with E-state index in [1.54, 1.807) is 6.07 Å². The summed E-state index contributed by atoms with van der Waals surface area (Å²) in [5.74, 6) is -0.274. The molecule has 2 aromatic carbocycles. The molecule has 0 radical (unpaired) electrons. The Balaban J connectivity index is 1.79. The van der Waals surface area contributed by atoms with Crippen LogP contribution in [0.1, 0.15) is 34.8 Å². The van der Waals surface area contributed by atoms with Crippen molar-refractivity contribution in [1.29, 1.82) is 0 Å². The van der Waals surface area contributed by atoms with Gasteiger partial charge in [0.15, 0.2) is 5.78 Å². The Hall–Kier alpha value is -2.04. The predicted molar refractivity (Wildman–Crippen MR) is 107 cm³/mol. The molecule has 4 heteroatoms. The molecule has 2 aromatic rings. The number of hydrogen-bond donors (Lipinski definition) is 1. The van der Waals surface area contributed by atoms with E-state index in [0.29, 0.717) is 22.4 Å². The van der Waals surface area contributed by atoms with Gasteiger partial charge >= 0.3 is 0 Å². The van der Waals surface area contributed by atoms with Crippen LogP contribution in [0, 0.1) is 24.7 Å². The Morgan fingerprint density at radius 2 is 1.85 bits per heavy atom. The van der Waals surface area contributed by atoms with E-state index in [4.69, 9.17) is 0 Å². The van der Waals surface area contributed by atoms with Gasteiger partial charge in [-0.15, -0.1) is 0 Å². The van der Waals surface area contributed by atoms with Gasteiger partial charge in [-0.2, -0.15) is 0 Å². The van der Waals surface area contributed by atoms with E-state index in [1.165, 1.54) is 0 Å². The highest BCUT2D eigenvalue weighted by Gasteiger charge is 2.53. The van der Waals surface area contributed by atoms with Crippen LogP contribution in [-0.2, 0) is 16.4 Å². The van der Waals surface area contributed by atoms with Crippen LogP contribution in [0.25, 0.3) is 0 Å². The topological polar surface area (TPSA) is 54.4 Å². The van der Waals surface area contributed by atoms with Crippen molar-refractivity contribution in [1.82, 2.24) is 0 Å². The number of rotatable bonds is 3. The summed E-state index contributed by atoms with van der Waals surface area (Å²) >= 11 is 0. The van der Waals surface area contributed by atoms with Crippen molar-refractivity contribution in [3.8, 4) is 0 Å². The van der Waals surface area contributed by atoms with E-state index >= 15 is 0 Å². The van der Waals surface area contributed by atoms with Crippen molar-refractivity contribution in [3.63, 3.8) is 0 Å². The molecule has 27 heavy (non-hydrogen) atoms. The fourth-order valence-electron chi connectivity index (χ4n) is 4.60. The first-order valence-corrected chi connectivity index (χ1v) is 10.7. The third-order valence-electron chi connectivity index (χ3n) is 6.04. The van der Waals surface area contributed by atoms with Crippen LogP contribution >= 0.6 is 0 Å². The summed E-state index contributed by atoms with van der Waals surface area (Å²) in [5, 5.41) is 11.9. The third-order valence-corrected chi connectivity index (χ3v) is 7.54. The number of allylic oxidation sites excluding steroid dienone is 2. The summed E-state index contributed by atoms with van der Waals surface area (Å²) < 4.78 is 13.1. The van der Waals surface area contributed by atoms with Gasteiger partial charge in [-0.1, -0.05) is 61.0 Å². The molecule has 0 saturated heterocycles. The zero-order chi connectivity index (χ0) is 19.2. The predicted octanol–water partition coefficient (Wildman–Crippen LogP) is 4.02. The summed E-state index contributed by atoms with van der Waals surface area (Å²) in [6, 6.07) is 14.9. The zero-order valence-corrected chi connectivity index (χ0v) is 16.4. The van der Waals surface area contributed by atoms with Crippen LogP contribution in [0.15, 0.2) is 65.6 Å². The maximum atomic E-state index is 13.1. The van der Waals surface area contributed by atoms with E-state index in [-0.39, 0.29) is 29.3 Å². The van der Waals surface area contributed by atoms with Crippen LogP contribution in [0.2, 0.25) is 0 Å². The van der Waals surface area contributed by atoms with E-state index < -0.39 is 16.4 Å².